The highest BCUT2D eigenvalue weighted by Crippen LogP contribution is 2.40. The number of aryl methyl sites for hydroxylation is 2. The van der Waals surface area contributed by atoms with Gasteiger partial charge in [-0.05, 0) is 55.3 Å². The molecule has 4 rings (SSSR count). The molecular formula is C27H31ClN2O2. The molecule has 168 valence electrons. The first kappa shape index (κ1) is 23.8. The van der Waals surface area contributed by atoms with Crippen molar-refractivity contribution in [2.24, 2.45) is 0 Å². The molecule has 0 saturated carbocycles. The summed E-state index contributed by atoms with van der Waals surface area (Å²) in [5, 5.41) is 12.4. The maximum absolute atomic E-state index is 13.5. The summed E-state index contributed by atoms with van der Waals surface area (Å²) >= 11 is 6.05. The fourth-order valence-corrected chi connectivity index (χ4v) is 3.87. The first-order chi connectivity index (χ1) is 15.3. The lowest BCUT2D eigenvalue weighted by Gasteiger charge is -2.32. The van der Waals surface area contributed by atoms with Crippen molar-refractivity contribution in [3.63, 3.8) is 0 Å². The molecule has 1 saturated heterocycles. The van der Waals surface area contributed by atoms with Crippen molar-refractivity contribution < 1.29 is 9.90 Å². The quantitative estimate of drug-likeness (QED) is 0.468. The lowest BCUT2D eigenvalue weighted by Crippen LogP contribution is -2.44. The van der Waals surface area contributed by atoms with E-state index in [1.807, 2.05) is 55.5 Å². The standard InChI is InChI=1S/C24H23ClN2O2.C3H8/c1-3-18-5-4-6-19(15-18)24(29)16-26(21-11-7-17(2)8-12-21)23(28)27(24)22-13-9-20(25)10-14-22;1-3-2/h4-15,29H,3,16H2,1-2H3;3H2,1-2H3. The molecule has 32 heavy (non-hydrogen) atoms. The molecule has 3 aromatic carbocycles. The fraction of sp³-hybridized carbons (Fsp3) is 0.296. The summed E-state index contributed by atoms with van der Waals surface area (Å²) in [6, 6.07) is 22.2. The number of carbonyl (C=O) groups excluding carboxylic acids is 1. The first-order valence-electron chi connectivity index (χ1n) is 11.1. The van der Waals surface area contributed by atoms with Gasteiger partial charge < -0.3 is 5.11 Å². The number of β-amino-alcohol motifs (C(OH)–C–C–N with tert-alkyl or cyclic N) is 1. The van der Waals surface area contributed by atoms with E-state index in [1.54, 1.807) is 29.2 Å². The van der Waals surface area contributed by atoms with Crippen LogP contribution in [-0.4, -0.2) is 17.7 Å². The first-order valence-corrected chi connectivity index (χ1v) is 11.5. The van der Waals surface area contributed by atoms with Crippen molar-refractivity contribution in [3.8, 4) is 0 Å². The number of rotatable bonds is 4. The predicted octanol–water partition coefficient (Wildman–Crippen LogP) is 6.92. The van der Waals surface area contributed by atoms with Crippen LogP contribution in [0.3, 0.4) is 0 Å². The highest BCUT2D eigenvalue weighted by atomic mass is 35.5. The minimum atomic E-state index is -1.50. The van der Waals surface area contributed by atoms with Crippen LogP contribution in [0.1, 0.15) is 43.9 Å². The maximum Gasteiger partial charge on any atom is 0.331 e. The molecule has 1 aliphatic heterocycles. The van der Waals surface area contributed by atoms with Crippen LogP contribution in [0.4, 0.5) is 16.2 Å². The summed E-state index contributed by atoms with van der Waals surface area (Å²) < 4.78 is 0. The number of benzene rings is 3. The number of amides is 2. The van der Waals surface area contributed by atoms with Crippen LogP contribution >= 0.6 is 11.6 Å². The summed E-state index contributed by atoms with van der Waals surface area (Å²) in [4.78, 5) is 16.6. The maximum atomic E-state index is 13.5. The molecular weight excluding hydrogens is 420 g/mol. The van der Waals surface area contributed by atoms with Crippen molar-refractivity contribution in [1.29, 1.82) is 0 Å². The SMILES string of the molecule is CCC.CCc1cccc(C2(O)CN(c3ccc(C)cc3)C(=O)N2c2ccc(Cl)cc2)c1. The Kier molecular flexibility index (Phi) is 7.60. The van der Waals surface area contributed by atoms with Gasteiger partial charge in [0.05, 0.1) is 6.54 Å². The van der Waals surface area contributed by atoms with Gasteiger partial charge in [0.15, 0.2) is 5.72 Å². The molecule has 0 bridgehead atoms. The van der Waals surface area contributed by atoms with Crippen molar-refractivity contribution in [1.82, 2.24) is 0 Å². The Balaban J connectivity index is 0.000000913. The monoisotopic (exact) mass is 450 g/mol. The third-order valence-electron chi connectivity index (χ3n) is 5.40. The molecule has 3 aromatic rings. The zero-order chi connectivity index (χ0) is 23.3. The molecule has 1 aliphatic rings. The van der Waals surface area contributed by atoms with E-state index in [0.717, 1.165) is 23.2 Å². The van der Waals surface area contributed by atoms with Crippen LogP contribution in [0.2, 0.25) is 5.02 Å². The van der Waals surface area contributed by atoms with Crippen LogP contribution in [-0.2, 0) is 12.1 Å². The van der Waals surface area contributed by atoms with Crippen molar-refractivity contribution in [2.45, 2.75) is 46.3 Å². The number of hydrogen-bond donors (Lipinski definition) is 1. The smallest absolute Gasteiger partial charge is 0.331 e. The molecule has 1 unspecified atom stereocenters. The molecule has 0 aliphatic carbocycles. The van der Waals surface area contributed by atoms with E-state index in [-0.39, 0.29) is 12.6 Å². The fourth-order valence-electron chi connectivity index (χ4n) is 3.74. The molecule has 1 N–H and O–H groups in total. The molecule has 0 spiro atoms. The zero-order valence-electron chi connectivity index (χ0n) is 19.2. The van der Waals surface area contributed by atoms with Crippen molar-refractivity contribution in [3.05, 3.63) is 94.5 Å². The van der Waals surface area contributed by atoms with Gasteiger partial charge in [0.25, 0.3) is 0 Å². The van der Waals surface area contributed by atoms with E-state index in [1.165, 1.54) is 11.3 Å². The Morgan fingerprint density at radius 2 is 1.53 bits per heavy atom. The largest absolute Gasteiger partial charge is 0.365 e. The Labute approximate surface area is 196 Å². The number of hydrogen-bond acceptors (Lipinski definition) is 2. The Morgan fingerprint density at radius 1 is 0.938 bits per heavy atom. The Hall–Kier alpha value is -2.82. The third kappa shape index (κ3) is 4.82. The molecule has 0 aromatic heterocycles. The van der Waals surface area contributed by atoms with Gasteiger partial charge in [0, 0.05) is 22.0 Å². The molecule has 1 fully saturated rings. The van der Waals surface area contributed by atoms with E-state index in [2.05, 4.69) is 20.8 Å². The topological polar surface area (TPSA) is 43.8 Å². The Morgan fingerprint density at radius 3 is 2.12 bits per heavy atom. The highest BCUT2D eigenvalue weighted by molar-refractivity contribution is 6.30. The van der Waals surface area contributed by atoms with Crippen molar-refractivity contribution in [2.75, 3.05) is 16.3 Å². The molecule has 1 atom stereocenters. The second-order valence-electron chi connectivity index (χ2n) is 8.09. The van der Waals surface area contributed by atoms with Crippen LogP contribution in [0.15, 0.2) is 72.8 Å². The van der Waals surface area contributed by atoms with Crippen LogP contribution in [0, 0.1) is 6.92 Å². The van der Waals surface area contributed by atoms with Gasteiger partial charge in [-0.2, -0.15) is 0 Å². The second-order valence-corrected chi connectivity index (χ2v) is 8.53. The van der Waals surface area contributed by atoms with E-state index in [4.69, 9.17) is 11.6 Å². The minimum absolute atomic E-state index is 0.130. The number of urea groups is 1. The third-order valence-corrected chi connectivity index (χ3v) is 5.65. The van der Waals surface area contributed by atoms with E-state index >= 15 is 0 Å². The highest BCUT2D eigenvalue weighted by Gasteiger charge is 2.51. The van der Waals surface area contributed by atoms with E-state index in [0.29, 0.717) is 16.3 Å². The summed E-state index contributed by atoms with van der Waals surface area (Å²) in [5.74, 6) is 0. The zero-order valence-corrected chi connectivity index (χ0v) is 19.9. The minimum Gasteiger partial charge on any atom is -0.365 e. The van der Waals surface area contributed by atoms with Crippen molar-refractivity contribution >= 4 is 29.0 Å². The second kappa shape index (κ2) is 10.2. The molecule has 5 heteroatoms. The summed E-state index contributed by atoms with van der Waals surface area (Å²) in [6.45, 7) is 8.45. The number of anilines is 2. The average molecular weight is 451 g/mol. The number of carbonyl (C=O) groups is 1. The van der Waals surface area contributed by atoms with Crippen LogP contribution in [0.5, 0.6) is 0 Å². The lowest BCUT2D eigenvalue weighted by atomic mass is 9.98. The lowest BCUT2D eigenvalue weighted by molar-refractivity contribution is 0.0655. The summed E-state index contributed by atoms with van der Waals surface area (Å²) in [7, 11) is 0. The number of halogens is 1. The molecule has 2 amide bonds. The predicted molar refractivity (Wildman–Crippen MR) is 134 cm³/mol. The van der Waals surface area contributed by atoms with E-state index in [9.17, 15) is 9.90 Å². The van der Waals surface area contributed by atoms with Gasteiger partial charge in [-0.25, -0.2) is 4.79 Å². The van der Waals surface area contributed by atoms with Gasteiger partial charge in [-0.15, -0.1) is 0 Å². The molecule has 0 radical (unpaired) electrons. The van der Waals surface area contributed by atoms with Gasteiger partial charge in [0.1, 0.15) is 0 Å². The van der Waals surface area contributed by atoms with Gasteiger partial charge in [-0.1, -0.05) is 80.8 Å². The van der Waals surface area contributed by atoms with Gasteiger partial charge in [0.2, 0.25) is 0 Å². The van der Waals surface area contributed by atoms with E-state index < -0.39 is 5.72 Å². The number of nitrogens with zero attached hydrogens (tertiary/aromatic N) is 2. The summed E-state index contributed by atoms with van der Waals surface area (Å²) in [6.07, 6.45) is 2.10. The summed E-state index contributed by atoms with van der Waals surface area (Å²) in [5.41, 5.74) is 2.76. The number of aliphatic hydroxyl groups is 1. The molecule has 1 heterocycles. The van der Waals surface area contributed by atoms with Gasteiger partial charge in [-0.3, -0.25) is 9.80 Å². The van der Waals surface area contributed by atoms with Crippen LogP contribution < -0.4 is 9.80 Å². The Bertz CT molecular complexity index is 1050. The molecule has 4 nitrogen and oxygen atoms in total. The average Bonchev–Trinajstić information content (AvgIpc) is 3.07. The van der Waals surface area contributed by atoms with Crippen LogP contribution in [0.25, 0.3) is 0 Å². The van der Waals surface area contributed by atoms with Gasteiger partial charge >= 0.3 is 6.03 Å². The normalized spacial score (nSPS) is 17.9.